The van der Waals surface area contributed by atoms with E-state index in [1.54, 1.807) is 22.8 Å². The van der Waals surface area contributed by atoms with Crippen LogP contribution < -0.4 is 5.56 Å². The minimum atomic E-state index is -0.135. The minimum Gasteiger partial charge on any atom is -0.304 e. The molecule has 4 heteroatoms. The summed E-state index contributed by atoms with van der Waals surface area (Å²) in [4.78, 5) is 19.1. The summed E-state index contributed by atoms with van der Waals surface area (Å²) in [5.41, 5.74) is 1.84. The van der Waals surface area contributed by atoms with Gasteiger partial charge in [0.1, 0.15) is 0 Å². The van der Waals surface area contributed by atoms with Crippen molar-refractivity contribution < 1.29 is 0 Å². The van der Waals surface area contributed by atoms with E-state index in [9.17, 15) is 4.79 Å². The zero-order valence-corrected chi connectivity index (χ0v) is 9.14. The van der Waals surface area contributed by atoms with Gasteiger partial charge in [-0.1, -0.05) is 6.07 Å². The first-order chi connectivity index (χ1) is 7.63. The van der Waals surface area contributed by atoms with E-state index >= 15 is 0 Å². The molecule has 0 bridgehead atoms. The Morgan fingerprint density at radius 1 is 1.44 bits per heavy atom. The summed E-state index contributed by atoms with van der Waals surface area (Å²) in [6.07, 6.45) is 1.32. The second-order valence-electron chi connectivity index (χ2n) is 3.85. The summed E-state index contributed by atoms with van der Waals surface area (Å²) in [6.45, 7) is 10.8. The molecule has 16 heavy (non-hydrogen) atoms. The summed E-state index contributed by atoms with van der Waals surface area (Å²) in [6, 6.07) is 5.23. The van der Waals surface area contributed by atoms with Crippen molar-refractivity contribution in [2.45, 2.75) is 19.9 Å². The van der Waals surface area contributed by atoms with Gasteiger partial charge in [-0.2, -0.15) is 0 Å². The average molecular weight is 213 g/mol. The van der Waals surface area contributed by atoms with Gasteiger partial charge in [-0.05, 0) is 26.0 Å². The predicted molar refractivity (Wildman–Crippen MR) is 62.7 cm³/mol. The van der Waals surface area contributed by atoms with Crippen LogP contribution in [0.5, 0.6) is 0 Å². The van der Waals surface area contributed by atoms with Crippen molar-refractivity contribution in [3.05, 3.63) is 46.2 Å². The van der Waals surface area contributed by atoms with Crippen LogP contribution in [0.15, 0.2) is 29.2 Å². The maximum atomic E-state index is 11.7. The Labute approximate surface area is 93.0 Å². The molecule has 0 amide bonds. The number of benzene rings is 1. The van der Waals surface area contributed by atoms with Crippen LogP contribution >= 0.6 is 0 Å². The number of nitrogens with zero attached hydrogens (tertiary/aromatic N) is 3. The normalized spacial score (nSPS) is 10.6. The Morgan fingerprint density at radius 2 is 2.19 bits per heavy atom. The summed E-state index contributed by atoms with van der Waals surface area (Å²) >= 11 is 0. The van der Waals surface area contributed by atoms with Gasteiger partial charge in [0, 0.05) is 6.04 Å². The first-order valence-electron chi connectivity index (χ1n) is 5.02. The molecule has 4 nitrogen and oxygen atoms in total. The number of hydrogen-bond donors (Lipinski definition) is 0. The van der Waals surface area contributed by atoms with Gasteiger partial charge in [0.15, 0.2) is 5.69 Å². The molecule has 2 rings (SSSR count). The first kappa shape index (κ1) is 10.4. The van der Waals surface area contributed by atoms with Gasteiger partial charge in [0.2, 0.25) is 0 Å². The number of hydrogen-bond acceptors (Lipinski definition) is 2. The monoisotopic (exact) mass is 213 g/mol. The molecule has 0 radical (unpaired) electrons. The Morgan fingerprint density at radius 3 is 2.81 bits per heavy atom. The molecule has 1 heterocycles. The van der Waals surface area contributed by atoms with Crippen LogP contribution in [0, 0.1) is 6.57 Å². The number of fused-ring (bicyclic) bond motifs is 1. The minimum absolute atomic E-state index is 0.0546. The third-order valence-electron chi connectivity index (χ3n) is 2.42. The Hall–Kier alpha value is -2.15. The lowest BCUT2D eigenvalue weighted by molar-refractivity contribution is 0.598. The molecule has 80 valence electrons. The lowest BCUT2D eigenvalue weighted by Gasteiger charge is -2.12. The van der Waals surface area contributed by atoms with Gasteiger partial charge in [-0.25, -0.2) is 9.83 Å². The van der Waals surface area contributed by atoms with Gasteiger partial charge >= 0.3 is 0 Å². The Balaban J connectivity index is 2.90. The zero-order valence-electron chi connectivity index (χ0n) is 9.14. The first-order valence-corrected chi connectivity index (χ1v) is 5.02. The van der Waals surface area contributed by atoms with Crippen LogP contribution in [0.25, 0.3) is 15.9 Å². The molecule has 1 aromatic heterocycles. The third-order valence-corrected chi connectivity index (χ3v) is 2.42. The van der Waals surface area contributed by atoms with E-state index in [2.05, 4.69) is 9.83 Å². The molecule has 2 aromatic rings. The quantitative estimate of drug-likeness (QED) is 0.683. The molecule has 0 N–H and O–H groups in total. The highest BCUT2D eigenvalue weighted by atomic mass is 16.1. The van der Waals surface area contributed by atoms with Crippen molar-refractivity contribution in [1.29, 1.82) is 0 Å². The smallest absolute Gasteiger partial charge is 0.269 e. The molecule has 0 aliphatic rings. The molecular formula is C12H11N3O. The van der Waals surface area contributed by atoms with Crippen molar-refractivity contribution in [2.24, 2.45) is 0 Å². The van der Waals surface area contributed by atoms with E-state index in [0.717, 1.165) is 11.0 Å². The van der Waals surface area contributed by atoms with Crippen LogP contribution in [0.1, 0.15) is 19.9 Å². The van der Waals surface area contributed by atoms with Crippen LogP contribution in [0.4, 0.5) is 5.69 Å². The standard InChI is InChI=1S/C12H11N3O/c1-8(2)15-11-6-9(13-3)4-5-10(11)14-7-12(15)16/h4-8H,1-2H3. The molecule has 1 aromatic carbocycles. The maximum Gasteiger partial charge on any atom is 0.269 e. The van der Waals surface area contributed by atoms with Gasteiger partial charge in [-0.3, -0.25) is 4.79 Å². The molecule has 0 saturated heterocycles. The van der Waals surface area contributed by atoms with Crippen molar-refractivity contribution in [1.82, 2.24) is 9.55 Å². The summed E-state index contributed by atoms with van der Waals surface area (Å²) in [5, 5.41) is 0. The van der Waals surface area contributed by atoms with Crippen molar-refractivity contribution >= 4 is 16.7 Å². The second-order valence-corrected chi connectivity index (χ2v) is 3.85. The highest BCUT2D eigenvalue weighted by Crippen LogP contribution is 2.20. The number of rotatable bonds is 1. The van der Waals surface area contributed by atoms with Crippen molar-refractivity contribution in [3.63, 3.8) is 0 Å². The molecule has 0 saturated carbocycles. The highest BCUT2D eigenvalue weighted by molar-refractivity contribution is 5.79. The predicted octanol–water partition coefficient (Wildman–Crippen LogP) is 2.53. The van der Waals surface area contributed by atoms with Gasteiger partial charge in [-0.15, -0.1) is 0 Å². The van der Waals surface area contributed by atoms with Crippen LogP contribution in [-0.2, 0) is 0 Å². The SMILES string of the molecule is [C-]#[N+]c1ccc2ncc(=O)n(C(C)C)c2c1. The van der Waals surface area contributed by atoms with Gasteiger partial charge in [0.05, 0.1) is 23.8 Å². The molecule has 0 atom stereocenters. The maximum absolute atomic E-state index is 11.7. The molecule has 0 aliphatic carbocycles. The van der Waals surface area contributed by atoms with E-state index in [1.165, 1.54) is 6.20 Å². The molecular weight excluding hydrogens is 202 g/mol. The van der Waals surface area contributed by atoms with E-state index in [0.29, 0.717) is 5.69 Å². The zero-order chi connectivity index (χ0) is 11.7. The molecule has 0 unspecified atom stereocenters. The van der Waals surface area contributed by atoms with Crippen molar-refractivity contribution in [2.75, 3.05) is 0 Å². The Bertz CT molecular complexity index is 635. The fourth-order valence-corrected chi connectivity index (χ4v) is 1.72. The topological polar surface area (TPSA) is 39.2 Å². The van der Waals surface area contributed by atoms with Crippen LogP contribution in [0.2, 0.25) is 0 Å². The molecule has 0 fully saturated rings. The van der Waals surface area contributed by atoms with E-state index in [1.807, 2.05) is 13.8 Å². The average Bonchev–Trinajstić information content (AvgIpc) is 2.27. The van der Waals surface area contributed by atoms with E-state index in [-0.39, 0.29) is 11.6 Å². The van der Waals surface area contributed by atoms with Gasteiger partial charge < -0.3 is 4.57 Å². The summed E-state index contributed by atoms with van der Waals surface area (Å²) in [5.74, 6) is 0. The summed E-state index contributed by atoms with van der Waals surface area (Å²) < 4.78 is 1.65. The third kappa shape index (κ3) is 1.57. The highest BCUT2D eigenvalue weighted by Gasteiger charge is 2.07. The largest absolute Gasteiger partial charge is 0.304 e. The fraction of sp³-hybridized carbons (Fsp3) is 0.250. The molecule has 0 spiro atoms. The number of aromatic nitrogens is 2. The van der Waals surface area contributed by atoms with E-state index in [4.69, 9.17) is 6.57 Å². The Kier molecular flexibility index (Phi) is 2.45. The van der Waals surface area contributed by atoms with E-state index < -0.39 is 0 Å². The van der Waals surface area contributed by atoms with Crippen LogP contribution in [-0.4, -0.2) is 9.55 Å². The van der Waals surface area contributed by atoms with Crippen molar-refractivity contribution in [3.8, 4) is 0 Å². The van der Waals surface area contributed by atoms with Crippen LogP contribution in [0.3, 0.4) is 0 Å². The second kappa shape index (κ2) is 3.78. The lowest BCUT2D eigenvalue weighted by Crippen LogP contribution is -2.22. The fourth-order valence-electron chi connectivity index (χ4n) is 1.72. The lowest BCUT2D eigenvalue weighted by atomic mass is 10.2. The summed E-state index contributed by atoms with van der Waals surface area (Å²) in [7, 11) is 0. The van der Waals surface area contributed by atoms with Gasteiger partial charge in [0.25, 0.3) is 5.56 Å². The molecule has 0 aliphatic heterocycles.